The molecule has 0 aliphatic carbocycles. The van der Waals surface area contributed by atoms with Gasteiger partial charge in [-0.2, -0.15) is 23.4 Å². The lowest BCUT2D eigenvalue weighted by atomic mass is 9.73. The molecule has 5 aliphatic heterocycles. The van der Waals surface area contributed by atoms with Crippen molar-refractivity contribution in [1.82, 2.24) is 50.7 Å². The van der Waals surface area contributed by atoms with Gasteiger partial charge in [0, 0.05) is 71.7 Å². The van der Waals surface area contributed by atoms with Gasteiger partial charge in [-0.25, -0.2) is 8.78 Å². The minimum Gasteiger partial charge on any atom is -0.317 e. The Balaban J connectivity index is 0.000000316. The number of fused-ring (bicyclic) bond motifs is 4. The largest absolute Gasteiger partial charge is 0.433 e. The van der Waals surface area contributed by atoms with Crippen LogP contribution in [0.25, 0.3) is 0 Å². The number of alkyl halides is 3. The van der Waals surface area contributed by atoms with Crippen molar-refractivity contribution in [3.63, 3.8) is 0 Å². The first-order valence-electron chi connectivity index (χ1n) is 40.4. The van der Waals surface area contributed by atoms with Gasteiger partial charge in [-0.3, -0.25) is 24.9 Å². The van der Waals surface area contributed by atoms with Gasteiger partial charge in [-0.15, -0.1) is 0 Å². The number of nitrogens with one attached hydrogen (secondary N) is 2. The van der Waals surface area contributed by atoms with Crippen molar-refractivity contribution in [1.29, 1.82) is 0 Å². The third kappa shape index (κ3) is 43.2. The maximum atomic E-state index is 13.1. The maximum absolute atomic E-state index is 13.1. The van der Waals surface area contributed by atoms with Gasteiger partial charge in [-0.05, 0) is 269 Å². The summed E-state index contributed by atoms with van der Waals surface area (Å²) < 4.78 is 62.1. The molecule has 4 bridgehead atoms. The molecule has 0 spiro atoms. The van der Waals surface area contributed by atoms with Crippen molar-refractivity contribution in [2.24, 2.45) is 66.5 Å². The first-order chi connectivity index (χ1) is 49.4. The van der Waals surface area contributed by atoms with Crippen LogP contribution in [0.5, 0.6) is 0 Å². The van der Waals surface area contributed by atoms with Crippen LogP contribution in [0.2, 0.25) is 0 Å². The van der Waals surface area contributed by atoms with E-state index >= 15 is 0 Å². The maximum Gasteiger partial charge on any atom is 0.433 e. The minimum absolute atomic E-state index is 0.0570. The fourth-order valence-corrected chi connectivity index (χ4v) is 14.2. The molecule has 6 aromatic rings. The average molecular weight is 1500 g/mol. The predicted molar refractivity (Wildman–Crippen MR) is 446 cm³/mol. The Morgan fingerprint density at radius 2 is 0.870 bits per heavy atom. The standard InChI is InChI=1S/C12H23N.C11H14F3N.C11H21N.C11H17N.2C10H14FN.C10H15N.C9H14N2.C9H19N/c1-12(2,3)9-7-10-5-6-11(8-9)13(10)4;1-10(2,3)6-8-4-5-9(15-7-8)11(12,13)14;1-11(2,3)8-6-9-4-5-10(7-8)12-9;1-9-6-5-7-10(12-9)8-11(2,3)4;1-10(2,3)6-9-5-4-8(11)7-12-9;1-10(2,3)7-9-8(11)5-4-6-12-9;1-10(2,3)8-9-6-4-5-7-11-9;1-9(2,3)7-8-5-4-6-10-11-8;1-9(2,3)8-4-6-10-7-5-8/h9-11H,5-8H2,1-4H3;4-5,7H,6H2,1-3H3;8-10,12H,4-7H2,1-3H3;5-7H,8H2,1-4H3;4-5,7H,6H2,1-3H3;4-6H,7H2,1-3H3;4-7H,8H2,1-3H3;4-6H,7H2,1-3H3;8,10H,4-7H2,1-3H3. The van der Waals surface area contributed by atoms with E-state index in [-0.39, 0.29) is 27.9 Å². The van der Waals surface area contributed by atoms with Gasteiger partial charge < -0.3 is 15.5 Å². The molecule has 0 saturated carbocycles. The van der Waals surface area contributed by atoms with Gasteiger partial charge in [0.2, 0.25) is 0 Å². The molecule has 608 valence electrons. The molecule has 2 N–H and O–H groups in total. The van der Waals surface area contributed by atoms with Crippen LogP contribution in [-0.2, 0) is 44.7 Å². The van der Waals surface area contributed by atoms with E-state index in [2.05, 4.69) is 242 Å². The van der Waals surface area contributed by atoms with E-state index in [1.165, 1.54) is 119 Å². The molecule has 0 amide bonds. The summed E-state index contributed by atoms with van der Waals surface area (Å²) in [5.41, 5.74) is 8.99. The molecule has 108 heavy (non-hydrogen) atoms. The highest BCUT2D eigenvalue weighted by molar-refractivity contribution is 5.18. The summed E-state index contributed by atoms with van der Waals surface area (Å²) in [6.45, 7) is 64.6. The molecule has 15 heteroatoms. The predicted octanol–water partition coefficient (Wildman–Crippen LogP) is 24.5. The van der Waals surface area contributed by atoms with Crippen LogP contribution in [-0.4, -0.2) is 84.3 Å². The Labute approximate surface area is 655 Å². The van der Waals surface area contributed by atoms with Gasteiger partial charge in [0.1, 0.15) is 17.3 Å². The average Bonchev–Trinajstić information content (AvgIpc) is 1.65. The zero-order valence-electron chi connectivity index (χ0n) is 73.2. The Kier molecular flexibility index (Phi) is 38.3. The van der Waals surface area contributed by atoms with Crippen LogP contribution in [0.3, 0.4) is 0 Å². The van der Waals surface area contributed by atoms with E-state index in [0.717, 1.165) is 103 Å². The molecule has 0 aromatic carbocycles. The van der Waals surface area contributed by atoms with E-state index in [1.807, 2.05) is 64.2 Å². The van der Waals surface area contributed by atoms with Crippen LogP contribution in [0.1, 0.15) is 297 Å². The highest BCUT2D eigenvalue weighted by Crippen LogP contribution is 2.45. The Hall–Kier alpha value is -5.64. The molecular formula is C93H151F5N10. The lowest BCUT2D eigenvalue weighted by molar-refractivity contribution is -0.141. The molecular weight excluding hydrogens is 1350 g/mol. The first-order valence-corrected chi connectivity index (χ1v) is 40.4. The smallest absolute Gasteiger partial charge is 0.317 e. The molecule has 5 saturated heterocycles. The van der Waals surface area contributed by atoms with E-state index in [1.54, 1.807) is 24.5 Å². The number of rotatable bonds is 6. The van der Waals surface area contributed by atoms with Crippen LogP contribution in [0, 0.1) is 85.0 Å². The molecule has 4 unspecified atom stereocenters. The van der Waals surface area contributed by atoms with Crippen molar-refractivity contribution in [2.75, 3.05) is 20.1 Å². The van der Waals surface area contributed by atoms with Crippen molar-refractivity contribution >= 4 is 0 Å². The lowest BCUT2D eigenvalue weighted by Gasteiger charge is -2.42. The molecule has 11 rings (SSSR count). The summed E-state index contributed by atoms with van der Waals surface area (Å²) in [6, 6.07) is 28.5. The summed E-state index contributed by atoms with van der Waals surface area (Å²) in [5.74, 6) is 2.38. The second kappa shape index (κ2) is 42.8. The van der Waals surface area contributed by atoms with E-state index in [0.29, 0.717) is 44.6 Å². The van der Waals surface area contributed by atoms with Crippen LogP contribution >= 0.6 is 0 Å². The molecule has 5 fully saturated rings. The lowest BCUT2D eigenvalue weighted by Crippen LogP contribution is -2.43. The SMILES string of the molecule is CC(C)(C)C1CC2CCC(C1)N2.CC(C)(C)C1CCNCC1.CC(C)(C)Cc1ccc(C(F)(F)F)nc1.CC(C)(C)Cc1ccc(F)cn1.CC(C)(C)Cc1ccccn1.CC(C)(C)Cc1cccnn1.CC(C)(C)Cc1ncccc1F.CN1C2CCC1CC(C(C)(C)C)C2.Cc1cccc(CC(C)(C)C)n1. The van der Waals surface area contributed by atoms with Gasteiger partial charge in [0.05, 0.1) is 17.6 Å². The summed E-state index contributed by atoms with van der Waals surface area (Å²) in [7, 11) is 2.32. The van der Waals surface area contributed by atoms with E-state index < -0.39 is 11.9 Å². The van der Waals surface area contributed by atoms with E-state index in [4.69, 9.17) is 0 Å². The number of aryl methyl sites for hydroxylation is 1. The highest BCUT2D eigenvalue weighted by Gasteiger charge is 2.42. The van der Waals surface area contributed by atoms with Gasteiger partial charge >= 0.3 is 6.18 Å². The summed E-state index contributed by atoms with van der Waals surface area (Å²) in [4.78, 5) is 22.7. The van der Waals surface area contributed by atoms with Gasteiger partial charge in [-0.1, -0.05) is 205 Å². The number of halogens is 5. The number of nitrogens with zero attached hydrogens (tertiary/aromatic N) is 8. The third-order valence-electron chi connectivity index (χ3n) is 19.9. The first kappa shape index (κ1) is 96.6. The number of piperidine rings is 3. The zero-order valence-corrected chi connectivity index (χ0v) is 73.2. The monoisotopic (exact) mass is 1500 g/mol. The van der Waals surface area contributed by atoms with Crippen molar-refractivity contribution in [2.45, 2.75) is 327 Å². The number of hydrogen-bond acceptors (Lipinski definition) is 10. The molecule has 10 nitrogen and oxygen atoms in total. The summed E-state index contributed by atoms with van der Waals surface area (Å²) in [5, 5.41) is 14.9. The van der Waals surface area contributed by atoms with Crippen molar-refractivity contribution in [3.05, 3.63) is 173 Å². The van der Waals surface area contributed by atoms with Crippen LogP contribution < -0.4 is 10.6 Å². The second-order valence-electron chi connectivity index (χ2n) is 41.8. The third-order valence-corrected chi connectivity index (χ3v) is 19.9. The number of hydrogen-bond donors (Lipinski definition) is 2. The number of aromatic nitrogens is 7. The molecule has 4 atom stereocenters. The molecule has 5 aliphatic rings. The second-order valence-corrected chi connectivity index (χ2v) is 41.8. The van der Waals surface area contributed by atoms with Crippen LogP contribution in [0.4, 0.5) is 22.0 Å². The fourth-order valence-electron chi connectivity index (χ4n) is 14.2. The molecule has 0 radical (unpaired) electrons. The number of pyridine rings is 5. The topological polar surface area (TPSA) is 118 Å². The fraction of sp³-hybridized carbons (Fsp3) is 0.688. The van der Waals surface area contributed by atoms with Gasteiger partial charge in [0.25, 0.3) is 0 Å². The van der Waals surface area contributed by atoms with Crippen molar-refractivity contribution in [3.8, 4) is 0 Å². The zero-order chi connectivity index (χ0) is 81.9. The van der Waals surface area contributed by atoms with Gasteiger partial charge in [0.15, 0.2) is 0 Å². The summed E-state index contributed by atoms with van der Waals surface area (Å²) in [6.07, 6.45) is 23.0. The minimum atomic E-state index is -4.35. The quantitative estimate of drug-likeness (QED) is 0.156. The van der Waals surface area contributed by atoms with Crippen LogP contribution in [0.15, 0.2) is 116 Å². The van der Waals surface area contributed by atoms with Crippen molar-refractivity contribution < 1.29 is 22.0 Å². The Bertz CT molecular complexity index is 3320. The highest BCUT2D eigenvalue weighted by atomic mass is 19.4. The molecule has 6 aromatic heterocycles. The van der Waals surface area contributed by atoms with E-state index in [9.17, 15) is 22.0 Å². The Morgan fingerprint density at radius 3 is 1.28 bits per heavy atom. The molecule has 11 heterocycles. The Morgan fingerprint density at radius 1 is 0.407 bits per heavy atom. The normalized spacial score (nSPS) is 19.8. The summed E-state index contributed by atoms with van der Waals surface area (Å²) >= 11 is 0.